The van der Waals surface area contributed by atoms with Gasteiger partial charge in [-0.05, 0) is 5.53 Å². The van der Waals surface area contributed by atoms with Crippen molar-refractivity contribution in [3.63, 3.8) is 0 Å². The van der Waals surface area contributed by atoms with Crippen LogP contribution in [0.2, 0.25) is 0 Å². The SMILES string of the molecule is [N-]=[N+]=NCCOCCOCCOCCOCCOCCOCCOCCOCCOCCOCCOCCOCCOCCOCCOCCOCCOCCOCCOCCOCCOCCOCCOCCOCCC(=O)NC(COCCC(=O)O)COCCC(=O)O. The number of hydrogen-bond donors (Lipinski definition) is 3. The molecule has 0 radical (unpaired) electrons. The summed E-state index contributed by atoms with van der Waals surface area (Å²) in [5, 5.41) is 23.6. The molecule has 95 heavy (non-hydrogen) atoms. The molecule has 562 valence electrons. The van der Waals surface area contributed by atoms with E-state index >= 15 is 0 Å². The fourth-order valence-corrected chi connectivity index (χ4v) is 6.68. The zero-order valence-corrected chi connectivity index (χ0v) is 56.3. The Bertz CT molecular complexity index is 1590. The summed E-state index contributed by atoms with van der Waals surface area (Å²) in [7, 11) is 0. The second-order valence-corrected chi connectivity index (χ2v) is 19.1. The molecule has 0 saturated heterocycles. The number of carboxylic acids is 2. The highest BCUT2D eigenvalue weighted by Crippen LogP contribution is 1.97. The van der Waals surface area contributed by atoms with E-state index in [-0.39, 0.29) is 64.8 Å². The van der Waals surface area contributed by atoms with E-state index in [1.807, 2.05) is 0 Å². The van der Waals surface area contributed by atoms with Gasteiger partial charge in [0.25, 0.3) is 0 Å². The van der Waals surface area contributed by atoms with Crippen molar-refractivity contribution in [2.75, 3.05) is 350 Å². The van der Waals surface area contributed by atoms with E-state index in [0.29, 0.717) is 310 Å². The van der Waals surface area contributed by atoms with Crippen LogP contribution in [0, 0.1) is 0 Å². The largest absolute Gasteiger partial charge is 0.481 e. The van der Waals surface area contributed by atoms with Crippen LogP contribution in [0.4, 0.5) is 0 Å². The highest BCUT2D eigenvalue weighted by Gasteiger charge is 2.14. The predicted molar refractivity (Wildman–Crippen MR) is 336 cm³/mol. The third-order valence-electron chi connectivity index (χ3n) is 11.4. The van der Waals surface area contributed by atoms with E-state index in [1.165, 1.54) is 0 Å². The van der Waals surface area contributed by atoms with Gasteiger partial charge in [0.2, 0.25) is 5.91 Å². The molecule has 0 heterocycles. The van der Waals surface area contributed by atoms with Crippen LogP contribution >= 0.6 is 0 Å². The summed E-state index contributed by atoms with van der Waals surface area (Å²) < 4.78 is 142. The van der Waals surface area contributed by atoms with Crippen molar-refractivity contribution in [1.29, 1.82) is 0 Å². The summed E-state index contributed by atoms with van der Waals surface area (Å²) >= 11 is 0. The summed E-state index contributed by atoms with van der Waals surface area (Å²) in [6, 6.07) is -0.570. The van der Waals surface area contributed by atoms with Gasteiger partial charge in [0.15, 0.2) is 0 Å². The van der Waals surface area contributed by atoms with Crippen molar-refractivity contribution in [1.82, 2.24) is 5.32 Å². The van der Waals surface area contributed by atoms with Crippen LogP contribution in [-0.4, -0.2) is 384 Å². The number of rotatable bonds is 86. The first-order valence-corrected chi connectivity index (χ1v) is 32.7. The molecule has 0 aromatic carbocycles. The molecule has 1 amide bonds. The Morgan fingerprint density at radius 3 is 0.579 bits per heavy atom. The second-order valence-electron chi connectivity index (χ2n) is 19.1. The van der Waals surface area contributed by atoms with Crippen molar-refractivity contribution in [3.05, 3.63) is 10.4 Å². The van der Waals surface area contributed by atoms with Gasteiger partial charge in [0.05, 0.1) is 362 Å². The van der Waals surface area contributed by atoms with Crippen LogP contribution in [0.3, 0.4) is 0 Å². The van der Waals surface area contributed by atoms with E-state index in [1.54, 1.807) is 0 Å². The maximum atomic E-state index is 12.3. The van der Waals surface area contributed by atoms with Gasteiger partial charge >= 0.3 is 11.9 Å². The van der Waals surface area contributed by atoms with Crippen molar-refractivity contribution in [2.45, 2.75) is 25.3 Å². The lowest BCUT2D eigenvalue weighted by Gasteiger charge is -2.19. The minimum Gasteiger partial charge on any atom is -0.481 e. The van der Waals surface area contributed by atoms with Crippen molar-refractivity contribution >= 4 is 17.8 Å². The summed E-state index contributed by atoms with van der Waals surface area (Å²) in [4.78, 5) is 36.3. The summed E-state index contributed by atoms with van der Waals surface area (Å²) in [6.45, 7) is 21.7. The third kappa shape index (κ3) is 84.8. The molecule has 35 heteroatoms. The molecule has 0 aromatic heterocycles. The van der Waals surface area contributed by atoms with E-state index < -0.39 is 18.0 Å². The molecule has 0 aromatic rings. The monoisotopic (exact) mass is 1390 g/mol. The zero-order valence-electron chi connectivity index (χ0n) is 56.3. The number of carbonyl (C=O) groups is 3. The van der Waals surface area contributed by atoms with Crippen LogP contribution in [0.5, 0.6) is 0 Å². The molecule has 3 N–H and O–H groups in total. The quantitative estimate of drug-likeness (QED) is 0.0324. The Hall–Kier alpha value is -3.32. The van der Waals surface area contributed by atoms with Crippen molar-refractivity contribution in [3.8, 4) is 0 Å². The maximum Gasteiger partial charge on any atom is 0.305 e. The van der Waals surface area contributed by atoms with Crippen LogP contribution in [-0.2, 0) is 138 Å². The molecule has 0 aliphatic heterocycles. The third-order valence-corrected chi connectivity index (χ3v) is 11.4. The molecule has 0 bridgehead atoms. The molecule has 0 atom stereocenters. The first-order chi connectivity index (χ1) is 47.0. The van der Waals surface area contributed by atoms with E-state index in [2.05, 4.69) is 15.3 Å². The molecule has 0 spiro atoms. The van der Waals surface area contributed by atoms with Crippen LogP contribution < -0.4 is 5.32 Å². The fourth-order valence-electron chi connectivity index (χ4n) is 6.68. The second kappa shape index (κ2) is 83.1. The Kier molecular flexibility index (Phi) is 80.2. The molecule has 35 nitrogen and oxygen atoms in total. The number of nitrogens with zero attached hydrogens (tertiary/aromatic N) is 3. The van der Waals surface area contributed by atoms with Crippen LogP contribution in [0.25, 0.3) is 10.4 Å². The molecule has 0 aliphatic carbocycles. The Morgan fingerprint density at radius 1 is 0.253 bits per heavy atom. The molecular formula is C60H116N4O31. The number of nitrogens with one attached hydrogen (secondary N) is 1. The number of azide groups is 1. The Morgan fingerprint density at radius 2 is 0.411 bits per heavy atom. The highest BCUT2D eigenvalue weighted by atomic mass is 16.6. The Balaban J connectivity index is 3.20. The average Bonchev–Trinajstić information content (AvgIpc) is 3.76. The van der Waals surface area contributed by atoms with Gasteiger partial charge in [-0.3, -0.25) is 14.4 Å². The van der Waals surface area contributed by atoms with Gasteiger partial charge in [-0.25, -0.2) is 0 Å². The predicted octanol–water partition coefficient (Wildman–Crippen LogP) is 0.553. The summed E-state index contributed by atoms with van der Waals surface area (Å²) in [6.07, 6.45) is -0.289. The summed E-state index contributed by atoms with van der Waals surface area (Å²) in [5.41, 5.74) is 8.18. The lowest BCUT2D eigenvalue weighted by molar-refractivity contribution is -0.139. The number of hydrogen-bond acceptors (Lipinski definition) is 30. The van der Waals surface area contributed by atoms with Gasteiger partial charge in [-0.2, -0.15) is 0 Å². The van der Waals surface area contributed by atoms with E-state index in [0.717, 1.165) is 0 Å². The van der Waals surface area contributed by atoms with E-state index in [4.69, 9.17) is 139 Å². The summed E-state index contributed by atoms with van der Waals surface area (Å²) in [5.74, 6) is -2.33. The van der Waals surface area contributed by atoms with Crippen LogP contribution in [0.1, 0.15) is 19.3 Å². The minimum atomic E-state index is -1.00. The minimum absolute atomic E-state index is 0.0200. The molecule has 0 fully saturated rings. The first-order valence-electron chi connectivity index (χ1n) is 32.7. The number of ether oxygens (including phenoxy) is 26. The number of aliphatic carboxylic acids is 2. The maximum absolute atomic E-state index is 12.3. The van der Waals surface area contributed by atoms with E-state index in [9.17, 15) is 14.4 Å². The zero-order chi connectivity index (χ0) is 68.4. The molecule has 0 unspecified atom stereocenters. The smallest absolute Gasteiger partial charge is 0.305 e. The van der Waals surface area contributed by atoms with Gasteiger partial charge in [0.1, 0.15) is 0 Å². The number of carbonyl (C=O) groups excluding carboxylic acids is 1. The highest BCUT2D eigenvalue weighted by molar-refractivity contribution is 5.76. The molecule has 0 saturated carbocycles. The van der Waals surface area contributed by atoms with Gasteiger partial charge in [0, 0.05) is 17.9 Å². The fraction of sp³-hybridized carbons (Fsp3) is 0.950. The number of carboxylic acid groups (broad SMARTS) is 2. The lowest BCUT2D eigenvalue weighted by Crippen LogP contribution is -2.42. The molecule has 0 aliphatic rings. The van der Waals surface area contributed by atoms with Gasteiger partial charge < -0.3 is 139 Å². The van der Waals surface area contributed by atoms with Crippen molar-refractivity contribution < 1.29 is 148 Å². The normalized spacial score (nSPS) is 11.5. The van der Waals surface area contributed by atoms with Gasteiger partial charge in [-0.1, -0.05) is 5.11 Å². The topological polar surface area (TPSA) is 392 Å². The first kappa shape index (κ1) is 91.7. The molecule has 0 rings (SSSR count). The number of amides is 1. The Labute approximate surface area is 560 Å². The molecular weight excluding hydrogens is 1270 g/mol. The van der Waals surface area contributed by atoms with Crippen LogP contribution in [0.15, 0.2) is 5.11 Å². The van der Waals surface area contributed by atoms with Crippen molar-refractivity contribution in [2.24, 2.45) is 5.11 Å². The average molecular weight is 1390 g/mol. The lowest BCUT2D eigenvalue weighted by atomic mass is 10.3. The van der Waals surface area contributed by atoms with Gasteiger partial charge in [-0.15, -0.1) is 0 Å². The standard InChI is InChI=1S/C60H116N4O31/c61-64-62-4-8-71-10-12-73-14-16-75-18-20-77-22-24-79-26-28-81-30-32-83-34-36-85-38-40-87-42-44-89-46-48-91-50-52-93-54-53-92-51-49-90-47-45-88-43-41-86-39-37-84-35-33-82-31-29-80-27-25-78-23-21-76-19-17-74-15-13-72-11-9-70-5-1-58(65)63-57(55-94-6-2-59(66)67)56-95-7-3-60(68)69/h57H,1-56H2,(H,63,65)(H,66,67)(H,68,69).